The highest BCUT2D eigenvalue weighted by molar-refractivity contribution is 7.12. The van der Waals surface area contributed by atoms with E-state index in [1.165, 1.54) is 24.6 Å². The number of nitrogens with one attached hydrogen (secondary N) is 1. The summed E-state index contributed by atoms with van der Waals surface area (Å²) in [7, 11) is 1.29. The average Bonchev–Trinajstić information content (AvgIpc) is 2.98. The average molecular weight is 269 g/mol. The Balaban J connectivity index is 2.17. The molecule has 0 aliphatic heterocycles. The van der Waals surface area contributed by atoms with E-state index in [1.54, 1.807) is 11.4 Å². The quantitative estimate of drug-likeness (QED) is 0.857. The molecular formula is C9H7N3O3S2. The maximum absolute atomic E-state index is 11.7. The van der Waals surface area contributed by atoms with E-state index in [0.29, 0.717) is 10.6 Å². The topological polar surface area (TPSA) is 81.2 Å². The lowest BCUT2D eigenvalue weighted by molar-refractivity contribution is 0.0607. The third-order valence-corrected chi connectivity index (χ3v) is 3.25. The van der Waals surface area contributed by atoms with Gasteiger partial charge in [0.2, 0.25) is 0 Å². The Morgan fingerprint density at radius 3 is 2.94 bits per heavy atom. The van der Waals surface area contributed by atoms with Crippen LogP contribution in [0.4, 0.5) is 5.69 Å². The molecule has 1 amide bonds. The Bertz CT molecular complexity index is 535. The lowest BCUT2D eigenvalue weighted by Gasteiger charge is -2.02. The van der Waals surface area contributed by atoms with Crippen molar-refractivity contribution in [2.45, 2.75) is 0 Å². The predicted molar refractivity (Wildman–Crippen MR) is 63.5 cm³/mol. The molecule has 2 rings (SSSR count). The molecule has 6 nitrogen and oxygen atoms in total. The fraction of sp³-hybridized carbons (Fsp3) is 0.111. The summed E-state index contributed by atoms with van der Waals surface area (Å²) >= 11 is 2.14. The smallest absolute Gasteiger partial charge is 0.350 e. The van der Waals surface area contributed by atoms with Gasteiger partial charge in [-0.05, 0) is 11.4 Å². The number of carbonyl (C=O) groups is 2. The highest BCUT2D eigenvalue weighted by Gasteiger charge is 2.17. The van der Waals surface area contributed by atoms with Crippen molar-refractivity contribution >= 4 is 40.6 Å². The molecule has 2 aromatic rings. The van der Waals surface area contributed by atoms with Crippen LogP contribution >= 0.6 is 23.1 Å². The normalized spacial score (nSPS) is 9.94. The number of rotatable bonds is 3. The van der Waals surface area contributed by atoms with Crippen molar-refractivity contribution in [2.24, 2.45) is 0 Å². The van der Waals surface area contributed by atoms with Gasteiger partial charge in [0.15, 0.2) is 5.69 Å². The molecule has 2 heterocycles. The van der Waals surface area contributed by atoms with E-state index in [2.05, 4.69) is 18.8 Å². The molecule has 8 heteroatoms. The van der Waals surface area contributed by atoms with Crippen LogP contribution in [0.1, 0.15) is 20.2 Å². The van der Waals surface area contributed by atoms with E-state index in [1.807, 2.05) is 0 Å². The van der Waals surface area contributed by atoms with Crippen LogP contribution in [0.25, 0.3) is 0 Å². The summed E-state index contributed by atoms with van der Waals surface area (Å²) in [5, 5.41) is 4.28. The Morgan fingerprint density at radius 2 is 2.29 bits per heavy atom. The van der Waals surface area contributed by atoms with Gasteiger partial charge in [0, 0.05) is 0 Å². The molecule has 0 aliphatic carbocycles. The standard InChI is InChI=1S/C9H7N3O3S2/c1-15-9(14)7-5(2-3-16-7)11-8(13)6-4-10-17-12-6/h2-4H,1H3,(H,11,13). The lowest BCUT2D eigenvalue weighted by atomic mass is 10.3. The van der Waals surface area contributed by atoms with Crippen molar-refractivity contribution in [3.8, 4) is 0 Å². The number of carbonyl (C=O) groups excluding carboxylic acids is 2. The highest BCUT2D eigenvalue weighted by Crippen LogP contribution is 2.23. The van der Waals surface area contributed by atoms with Crippen molar-refractivity contribution in [3.63, 3.8) is 0 Å². The maximum atomic E-state index is 11.7. The van der Waals surface area contributed by atoms with E-state index in [4.69, 9.17) is 0 Å². The molecule has 0 saturated heterocycles. The number of hydrogen-bond acceptors (Lipinski definition) is 7. The van der Waals surface area contributed by atoms with Gasteiger partial charge in [-0.25, -0.2) is 4.79 Å². The predicted octanol–water partition coefficient (Wildman–Crippen LogP) is 1.64. The van der Waals surface area contributed by atoms with Crippen LogP contribution in [-0.2, 0) is 4.74 Å². The summed E-state index contributed by atoms with van der Waals surface area (Å²) in [6.45, 7) is 0. The van der Waals surface area contributed by atoms with Gasteiger partial charge < -0.3 is 10.1 Å². The minimum atomic E-state index is -0.480. The fourth-order valence-electron chi connectivity index (χ4n) is 1.11. The van der Waals surface area contributed by atoms with E-state index in [0.717, 1.165) is 11.7 Å². The molecule has 0 aromatic carbocycles. The summed E-state index contributed by atoms with van der Waals surface area (Å²) in [5.74, 6) is -0.881. The molecule has 88 valence electrons. The number of anilines is 1. The van der Waals surface area contributed by atoms with Crippen molar-refractivity contribution in [2.75, 3.05) is 12.4 Å². The van der Waals surface area contributed by atoms with Crippen LogP contribution in [-0.4, -0.2) is 27.7 Å². The van der Waals surface area contributed by atoms with Crippen LogP contribution < -0.4 is 5.32 Å². The second kappa shape index (κ2) is 5.02. The number of ether oxygens (including phenoxy) is 1. The van der Waals surface area contributed by atoms with Gasteiger partial charge in [-0.2, -0.15) is 8.75 Å². The van der Waals surface area contributed by atoms with E-state index in [9.17, 15) is 9.59 Å². The minimum absolute atomic E-state index is 0.219. The molecule has 0 aliphatic rings. The fourth-order valence-corrected chi connectivity index (χ4v) is 2.29. The first kappa shape index (κ1) is 11.7. The van der Waals surface area contributed by atoms with Crippen LogP contribution in [0.5, 0.6) is 0 Å². The molecule has 2 aromatic heterocycles. The summed E-state index contributed by atoms with van der Waals surface area (Å²) in [5.41, 5.74) is 0.636. The SMILES string of the molecule is COC(=O)c1sccc1NC(=O)c1cnsn1. The van der Waals surface area contributed by atoms with Crippen molar-refractivity contribution < 1.29 is 14.3 Å². The zero-order chi connectivity index (χ0) is 12.3. The van der Waals surface area contributed by atoms with Gasteiger partial charge in [-0.1, -0.05) is 0 Å². The monoisotopic (exact) mass is 269 g/mol. The molecule has 0 atom stereocenters. The minimum Gasteiger partial charge on any atom is -0.465 e. The second-order valence-corrected chi connectivity index (χ2v) is 4.37. The third-order valence-electron chi connectivity index (χ3n) is 1.88. The first-order valence-corrected chi connectivity index (χ1v) is 6.08. The maximum Gasteiger partial charge on any atom is 0.350 e. The second-order valence-electron chi connectivity index (χ2n) is 2.90. The van der Waals surface area contributed by atoms with Gasteiger partial charge in [0.05, 0.1) is 30.7 Å². The first-order valence-electron chi connectivity index (χ1n) is 4.47. The molecule has 0 radical (unpaired) electrons. The first-order chi connectivity index (χ1) is 8.22. The van der Waals surface area contributed by atoms with Gasteiger partial charge in [-0.3, -0.25) is 4.79 Å². The number of thiophene rings is 1. The van der Waals surface area contributed by atoms with Crippen molar-refractivity contribution in [1.82, 2.24) is 8.75 Å². The van der Waals surface area contributed by atoms with Gasteiger partial charge in [0.25, 0.3) is 5.91 Å². The number of hydrogen-bond donors (Lipinski definition) is 1. The molecule has 0 bridgehead atoms. The number of aromatic nitrogens is 2. The van der Waals surface area contributed by atoms with Crippen LogP contribution in [0.15, 0.2) is 17.6 Å². The summed E-state index contributed by atoms with van der Waals surface area (Å²) < 4.78 is 12.1. The Morgan fingerprint density at radius 1 is 1.47 bits per heavy atom. The van der Waals surface area contributed by atoms with Crippen LogP contribution in [0.2, 0.25) is 0 Å². The Kier molecular flexibility index (Phi) is 3.45. The zero-order valence-electron chi connectivity index (χ0n) is 8.67. The lowest BCUT2D eigenvalue weighted by Crippen LogP contribution is -2.14. The highest BCUT2D eigenvalue weighted by atomic mass is 32.1. The molecule has 0 spiro atoms. The van der Waals surface area contributed by atoms with Gasteiger partial charge in [0.1, 0.15) is 4.88 Å². The summed E-state index contributed by atoms with van der Waals surface area (Å²) in [6.07, 6.45) is 1.37. The molecular weight excluding hydrogens is 262 g/mol. The third kappa shape index (κ3) is 2.48. The molecule has 0 fully saturated rings. The van der Waals surface area contributed by atoms with Crippen LogP contribution in [0, 0.1) is 0 Å². The van der Waals surface area contributed by atoms with Crippen molar-refractivity contribution in [1.29, 1.82) is 0 Å². The van der Waals surface area contributed by atoms with Gasteiger partial charge in [-0.15, -0.1) is 11.3 Å². The molecule has 17 heavy (non-hydrogen) atoms. The molecule has 0 saturated carbocycles. The largest absolute Gasteiger partial charge is 0.465 e. The summed E-state index contributed by atoms with van der Waals surface area (Å²) in [6, 6.07) is 1.63. The van der Waals surface area contributed by atoms with E-state index < -0.39 is 11.9 Å². The van der Waals surface area contributed by atoms with Crippen LogP contribution in [0.3, 0.4) is 0 Å². The number of nitrogens with zero attached hydrogens (tertiary/aromatic N) is 2. The van der Waals surface area contributed by atoms with Crippen molar-refractivity contribution in [3.05, 3.63) is 28.2 Å². The number of esters is 1. The molecule has 1 N–H and O–H groups in total. The Hall–Kier alpha value is -1.80. The van der Waals surface area contributed by atoms with E-state index >= 15 is 0 Å². The Labute approximate surface area is 105 Å². The summed E-state index contributed by atoms with van der Waals surface area (Å²) in [4.78, 5) is 23.4. The van der Waals surface area contributed by atoms with E-state index in [-0.39, 0.29) is 5.69 Å². The zero-order valence-corrected chi connectivity index (χ0v) is 10.3. The van der Waals surface area contributed by atoms with Gasteiger partial charge >= 0.3 is 5.97 Å². The number of methoxy groups -OCH3 is 1. The molecule has 0 unspecified atom stereocenters. The number of amides is 1.